The lowest BCUT2D eigenvalue weighted by molar-refractivity contribution is -0.236. The molecule has 6 nitrogen and oxygen atoms in total. The Morgan fingerprint density at radius 2 is 1.59 bits per heavy atom. The Morgan fingerprint density at radius 1 is 1.00 bits per heavy atom. The van der Waals surface area contributed by atoms with E-state index < -0.39 is 12.2 Å². The van der Waals surface area contributed by atoms with Gasteiger partial charge in [0.15, 0.2) is 6.10 Å². The molecule has 0 aromatic rings. The first-order valence-electron chi connectivity index (χ1n) is 5.35. The van der Waals surface area contributed by atoms with Crippen molar-refractivity contribution in [3.8, 4) is 6.07 Å². The molecule has 0 spiro atoms. The maximum absolute atomic E-state index is 9.06. The Kier molecular flexibility index (Phi) is 5.82. The van der Waals surface area contributed by atoms with E-state index in [1.165, 1.54) is 7.11 Å². The van der Waals surface area contributed by atoms with Gasteiger partial charge < -0.3 is 23.7 Å². The number of methoxy groups -OCH3 is 4. The molecule has 0 aliphatic carbocycles. The molecule has 1 heterocycles. The molecular weight excluding hydrogens is 226 g/mol. The van der Waals surface area contributed by atoms with Crippen LogP contribution in [-0.4, -0.2) is 65.6 Å². The molecule has 1 fully saturated rings. The Bertz CT molecular complexity index is 267. The Morgan fingerprint density at radius 3 is 2.00 bits per heavy atom. The van der Waals surface area contributed by atoms with Crippen LogP contribution < -0.4 is 0 Å². The minimum atomic E-state index is -0.684. The zero-order chi connectivity index (χ0) is 12.8. The highest BCUT2D eigenvalue weighted by Gasteiger charge is 2.47. The zero-order valence-corrected chi connectivity index (χ0v) is 10.6. The summed E-state index contributed by atoms with van der Waals surface area (Å²) in [4.78, 5) is 0. The first-order chi connectivity index (χ1) is 8.23. The number of nitrogens with zero attached hydrogens (tertiary/aromatic N) is 1. The van der Waals surface area contributed by atoms with Gasteiger partial charge in [0.2, 0.25) is 0 Å². The third kappa shape index (κ3) is 2.94. The van der Waals surface area contributed by atoms with E-state index in [1.54, 1.807) is 21.3 Å². The van der Waals surface area contributed by atoms with E-state index in [0.29, 0.717) is 6.61 Å². The maximum atomic E-state index is 9.06. The van der Waals surface area contributed by atoms with Gasteiger partial charge in [-0.1, -0.05) is 0 Å². The Labute approximate surface area is 101 Å². The molecule has 0 aromatic heterocycles. The SMILES string of the molecule is COC[C@H]1OC(C#N)[C@H](OC)[C@@H](OC)[C@@H]1OC. The third-order valence-corrected chi connectivity index (χ3v) is 2.91. The molecular formula is C11H19NO5. The van der Waals surface area contributed by atoms with Crippen LogP contribution in [0.25, 0.3) is 0 Å². The molecule has 1 saturated heterocycles. The van der Waals surface area contributed by atoms with Crippen LogP contribution in [0.3, 0.4) is 0 Å². The highest BCUT2D eigenvalue weighted by molar-refractivity contribution is 5.03. The fourth-order valence-electron chi connectivity index (χ4n) is 2.13. The molecule has 0 N–H and O–H groups in total. The van der Waals surface area contributed by atoms with Crippen molar-refractivity contribution in [3.05, 3.63) is 0 Å². The summed E-state index contributed by atoms with van der Waals surface area (Å²) in [5.41, 5.74) is 0. The minimum absolute atomic E-state index is 0.325. The molecule has 0 aromatic carbocycles. The van der Waals surface area contributed by atoms with E-state index in [0.717, 1.165) is 0 Å². The number of hydrogen-bond donors (Lipinski definition) is 0. The van der Waals surface area contributed by atoms with E-state index in [4.69, 9.17) is 28.9 Å². The lowest BCUT2D eigenvalue weighted by atomic mass is 9.95. The van der Waals surface area contributed by atoms with Gasteiger partial charge in [-0.25, -0.2) is 0 Å². The van der Waals surface area contributed by atoms with Gasteiger partial charge in [-0.3, -0.25) is 0 Å². The summed E-state index contributed by atoms with van der Waals surface area (Å²) in [6.07, 6.45) is -2.18. The van der Waals surface area contributed by atoms with E-state index in [-0.39, 0.29) is 18.3 Å². The van der Waals surface area contributed by atoms with Crippen LogP contribution in [0.1, 0.15) is 0 Å². The highest BCUT2D eigenvalue weighted by atomic mass is 16.6. The average Bonchev–Trinajstić information content (AvgIpc) is 2.37. The second kappa shape index (κ2) is 6.89. The number of ether oxygens (including phenoxy) is 5. The maximum Gasteiger partial charge on any atom is 0.173 e. The molecule has 1 rings (SSSR count). The summed E-state index contributed by atoms with van der Waals surface area (Å²) in [6, 6.07) is 2.06. The molecule has 1 aliphatic rings. The summed E-state index contributed by atoms with van der Waals surface area (Å²) in [7, 11) is 6.23. The number of nitriles is 1. The average molecular weight is 245 g/mol. The summed E-state index contributed by atoms with van der Waals surface area (Å²) in [5.74, 6) is 0. The van der Waals surface area contributed by atoms with Crippen molar-refractivity contribution in [2.45, 2.75) is 30.5 Å². The first-order valence-corrected chi connectivity index (χ1v) is 5.35. The van der Waals surface area contributed by atoms with E-state index in [2.05, 4.69) is 6.07 Å². The molecule has 0 saturated carbocycles. The normalized spacial score (nSPS) is 37.7. The van der Waals surface area contributed by atoms with Crippen molar-refractivity contribution >= 4 is 0 Å². The van der Waals surface area contributed by atoms with Crippen LogP contribution in [0, 0.1) is 11.3 Å². The molecule has 5 atom stereocenters. The van der Waals surface area contributed by atoms with Crippen LogP contribution in [-0.2, 0) is 23.7 Å². The molecule has 6 heteroatoms. The monoisotopic (exact) mass is 245 g/mol. The van der Waals surface area contributed by atoms with Crippen molar-refractivity contribution in [1.29, 1.82) is 5.26 Å². The second-order valence-corrected chi connectivity index (χ2v) is 3.78. The van der Waals surface area contributed by atoms with E-state index in [9.17, 15) is 0 Å². The van der Waals surface area contributed by atoms with Gasteiger partial charge >= 0.3 is 0 Å². The molecule has 98 valence electrons. The molecule has 0 radical (unpaired) electrons. The molecule has 0 bridgehead atoms. The molecule has 0 amide bonds. The van der Waals surface area contributed by atoms with Gasteiger partial charge in [0, 0.05) is 28.4 Å². The number of rotatable bonds is 5. The fraction of sp³-hybridized carbons (Fsp3) is 0.909. The third-order valence-electron chi connectivity index (χ3n) is 2.91. The van der Waals surface area contributed by atoms with Gasteiger partial charge in [0.05, 0.1) is 12.7 Å². The molecule has 1 unspecified atom stereocenters. The standard InChI is InChI=1S/C11H19NO5/c1-13-6-8-10(15-3)11(16-4)9(14-2)7(5-12)17-8/h7-11H,6H2,1-4H3/t7?,8-,9+,10-,11-/m1/s1. The van der Waals surface area contributed by atoms with Gasteiger partial charge in [-0.15, -0.1) is 0 Å². The predicted octanol–water partition coefficient (Wildman–Crippen LogP) is -0.0312. The topological polar surface area (TPSA) is 69.9 Å². The fourth-order valence-corrected chi connectivity index (χ4v) is 2.13. The van der Waals surface area contributed by atoms with Gasteiger partial charge in [-0.2, -0.15) is 5.26 Å². The first kappa shape index (κ1) is 14.4. The van der Waals surface area contributed by atoms with Gasteiger partial charge in [0.25, 0.3) is 0 Å². The molecule has 1 aliphatic heterocycles. The Balaban J connectivity index is 2.89. The van der Waals surface area contributed by atoms with Crippen molar-refractivity contribution < 1.29 is 23.7 Å². The summed E-state index contributed by atoms with van der Waals surface area (Å²) < 4.78 is 26.7. The predicted molar refractivity (Wildman–Crippen MR) is 58.5 cm³/mol. The van der Waals surface area contributed by atoms with Gasteiger partial charge in [0.1, 0.15) is 24.4 Å². The lowest BCUT2D eigenvalue weighted by Gasteiger charge is -2.42. The summed E-state index contributed by atoms with van der Waals surface area (Å²) in [5, 5.41) is 9.06. The van der Waals surface area contributed by atoms with Crippen LogP contribution >= 0.6 is 0 Å². The Hall–Kier alpha value is -0.710. The van der Waals surface area contributed by atoms with Crippen LogP contribution in [0.5, 0.6) is 0 Å². The smallest absolute Gasteiger partial charge is 0.173 e. The van der Waals surface area contributed by atoms with Crippen LogP contribution in [0.15, 0.2) is 0 Å². The van der Waals surface area contributed by atoms with Crippen molar-refractivity contribution in [2.75, 3.05) is 35.0 Å². The lowest BCUT2D eigenvalue weighted by Crippen LogP contribution is -2.60. The quantitative estimate of drug-likeness (QED) is 0.677. The minimum Gasteiger partial charge on any atom is -0.382 e. The largest absolute Gasteiger partial charge is 0.382 e. The highest BCUT2D eigenvalue weighted by Crippen LogP contribution is 2.26. The summed E-state index contributed by atoms with van der Waals surface area (Å²) in [6.45, 7) is 0.340. The molecule has 17 heavy (non-hydrogen) atoms. The zero-order valence-electron chi connectivity index (χ0n) is 10.6. The van der Waals surface area contributed by atoms with Crippen LogP contribution in [0.2, 0.25) is 0 Å². The van der Waals surface area contributed by atoms with Crippen molar-refractivity contribution in [2.24, 2.45) is 0 Å². The van der Waals surface area contributed by atoms with Crippen LogP contribution in [0.4, 0.5) is 0 Å². The van der Waals surface area contributed by atoms with Crippen molar-refractivity contribution in [1.82, 2.24) is 0 Å². The second-order valence-electron chi connectivity index (χ2n) is 3.78. The number of hydrogen-bond acceptors (Lipinski definition) is 6. The van der Waals surface area contributed by atoms with E-state index >= 15 is 0 Å². The summed E-state index contributed by atoms with van der Waals surface area (Å²) >= 11 is 0. The van der Waals surface area contributed by atoms with Crippen molar-refractivity contribution in [3.63, 3.8) is 0 Å². The van der Waals surface area contributed by atoms with Gasteiger partial charge in [-0.05, 0) is 0 Å². The van der Waals surface area contributed by atoms with E-state index in [1.807, 2.05) is 0 Å².